The fourth-order valence-corrected chi connectivity index (χ4v) is 4.40. The second kappa shape index (κ2) is 9.69. The van der Waals surface area contributed by atoms with E-state index in [0.717, 1.165) is 63.1 Å². The minimum absolute atomic E-state index is 0.241. The summed E-state index contributed by atoms with van der Waals surface area (Å²) in [6, 6.07) is 15.4. The normalized spacial score (nSPS) is 24.2. The standard InChI is InChI=1S/C24H28ClN5O3/c1-27-11-13-28(14-12-27)16-19-7-8-20(15-21(19)25)32-22-9-10-29(22)30-23(17-31)33-24(26-30)18-5-3-2-4-6-18/h2-8,15,17,22-23H,9-14,16H2,1H3. The van der Waals surface area contributed by atoms with Crippen molar-refractivity contribution < 1.29 is 14.3 Å². The number of ether oxygens (including phenoxy) is 2. The molecule has 0 aliphatic carbocycles. The van der Waals surface area contributed by atoms with Gasteiger partial charge in [-0.05, 0) is 36.9 Å². The molecular weight excluding hydrogens is 442 g/mol. The van der Waals surface area contributed by atoms with Gasteiger partial charge in [0.25, 0.3) is 6.23 Å². The van der Waals surface area contributed by atoms with E-state index in [1.165, 1.54) is 0 Å². The van der Waals surface area contributed by atoms with Crippen molar-refractivity contribution in [2.45, 2.75) is 25.4 Å². The van der Waals surface area contributed by atoms with Crippen LogP contribution < -0.4 is 4.74 Å². The number of likely N-dealkylation sites (N-methyl/N-ethyl adjacent to an activating group) is 1. The SMILES string of the molecule is CN1CCN(Cc2ccc(OC3CCN3N3N=C(c4ccccc4)OC3C=O)cc2Cl)CC1. The maximum Gasteiger partial charge on any atom is 0.260 e. The van der Waals surface area contributed by atoms with E-state index in [1.54, 1.807) is 5.12 Å². The summed E-state index contributed by atoms with van der Waals surface area (Å²) in [7, 11) is 2.15. The zero-order valence-corrected chi connectivity index (χ0v) is 19.4. The van der Waals surface area contributed by atoms with Crippen LogP contribution in [-0.4, -0.2) is 84.3 Å². The Morgan fingerprint density at radius 3 is 2.58 bits per heavy atom. The molecule has 2 fully saturated rings. The van der Waals surface area contributed by atoms with Crippen LogP contribution in [0.3, 0.4) is 0 Å². The lowest BCUT2D eigenvalue weighted by Gasteiger charge is -2.44. The molecule has 8 nitrogen and oxygen atoms in total. The van der Waals surface area contributed by atoms with Gasteiger partial charge in [-0.15, -0.1) is 5.10 Å². The number of nitrogens with zero attached hydrogens (tertiary/aromatic N) is 5. The number of carbonyl (C=O) groups excluding carboxylic acids is 1. The topological polar surface area (TPSA) is 60.9 Å². The third kappa shape index (κ3) is 4.84. The van der Waals surface area contributed by atoms with Crippen LogP contribution >= 0.6 is 11.6 Å². The largest absolute Gasteiger partial charge is 0.473 e. The zero-order valence-electron chi connectivity index (χ0n) is 18.6. The summed E-state index contributed by atoms with van der Waals surface area (Å²) in [6.07, 6.45) is 0.522. The highest BCUT2D eigenvalue weighted by molar-refractivity contribution is 6.31. The Morgan fingerprint density at radius 1 is 1.12 bits per heavy atom. The molecule has 174 valence electrons. The molecule has 9 heteroatoms. The molecule has 3 aliphatic heterocycles. The average molecular weight is 470 g/mol. The lowest BCUT2D eigenvalue weighted by atomic mass is 10.1. The number of halogens is 1. The van der Waals surface area contributed by atoms with E-state index in [4.69, 9.17) is 21.1 Å². The summed E-state index contributed by atoms with van der Waals surface area (Å²) in [5, 5.41) is 8.72. The number of benzene rings is 2. The predicted octanol–water partition coefficient (Wildman–Crippen LogP) is 2.63. The van der Waals surface area contributed by atoms with Crippen LogP contribution in [0.4, 0.5) is 0 Å². The Morgan fingerprint density at radius 2 is 1.91 bits per heavy atom. The van der Waals surface area contributed by atoms with Crippen molar-refractivity contribution in [3.05, 3.63) is 64.7 Å². The molecule has 0 aromatic heterocycles. The molecule has 33 heavy (non-hydrogen) atoms. The second-order valence-electron chi connectivity index (χ2n) is 8.59. The monoisotopic (exact) mass is 469 g/mol. The summed E-state index contributed by atoms with van der Waals surface area (Å²) in [6.45, 7) is 5.80. The van der Waals surface area contributed by atoms with Gasteiger partial charge >= 0.3 is 0 Å². The number of hydrazine groups is 1. The maximum atomic E-state index is 11.6. The summed E-state index contributed by atoms with van der Waals surface area (Å²) in [5.74, 6) is 1.13. The number of hydrazone groups is 1. The van der Waals surface area contributed by atoms with Crippen LogP contribution in [0.1, 0.15) is 17.5 Å². The van der Waals surface area contributed by atoms with Gasteiger partial charge in [-0.1, -0.05) is 35.9 Å². The van der Waals surface area contributed by atoms with Crippen molar-refractivity contribution in [2.75, 3.05) is 39.8 Å². The van der Waals surface area contributed by atoms with Gasteiger partial charge in [0.05, 0.1) is 0 Å². The number of carbonyl (C=O) groups is 1. The fraction of sp³-hybridized carbons (Fsp3) is 0.417. The molecule has 3 heterocycles. The van der Waals surface area contributed by atoms with Crippen molar-refractivity contribution in [1.29, 1.82) is 0 Å². The van der Waals surface area contributed by atoms with Gasteiger partial charge in [-0.2, -0.15) is 10.1 Å². The quantitative estimate of drug-likeness (QED) is 0.578. The van der Waals surface area contributed by atoms with E-state index in [0.29, 0.717) is 16.7 Å². The van der Waals surface area contributed by atoms with Crippen LogP contribution in [0.15, 0.2) is 53.6 Å². The van der Waals surface area contributed by atoms with Crippen molar-refractivity contribution in [3.8, 4) is 5.75 Å². The molecular formula is C24H28ClN5O3. The minimum atomic E-state index is -0.804. The van der Waals surface area contributed by atoms with Gasteiger partial charge in [0.15, 0.2) is 12.5 Å². The van der Waals surface area contributed by atoms with Crippen LogP contribution in [0.25, 0.3) is 0 Å². The lowest BCUT2D eigenvalue weighted by molar-refractivity contribution is -0.218. The molecule has 0 radical (unpaired) electrons. The Kier molecular flexibility index (Phi) is 6.50. The van der Waals surface area contributed by atoms with Gasteiger partial charge < -0.3 is 14.4 Å². The number of hydrogen-bond acceptors (Lipinski definition) is 8. The van der Waals surface area contributed by atoms with Crippen LogP contribution in [0.2, 0.25) is 5.02 Å². The van der Waals surface area contributed by atoms with Crippen LogP contribution in [0, 0.1) is 0 Å². The Balaban J connectivity index is 1.23. The first kappa shape index (κ1) is 22.2. The predicted molar refractivity (Wildman–Crippen MR) is 126 cm³/mol. The van der Waals surface area contributed by atoms with Crippen molar-refractivity contribution in [3.63, 3.8) is 0 Å². The van der Waals surface area contributed by atoms with E-state index >= 15 is 0 Å². The number of hydrogen-bond donors (Lipinski definition) is 0. The zero-order chi connectivity index (χ0) is 22.8. The average Bonchev–Trinajstić information content (AvgIpc) is 3.24. The molecule has 3 aliphatic rings. The molecule has 2 unspecified atom stereocenters. The molecule has 0 amide bonds. The number of piperazine rings is 1. The van der Waals surface area contributed by atoms with Crippen molar-refractivity contribution in [2.24, 2.45) is 5.10 Å². The highest BCUT2D eigenvalue weighted by atomic mass is 35.5. The number of aldehydes is 1. The maximum absolute atomic E-state index is 11.6. The molecule has 5 rings (SSSR count). The summed E-state index contributed by atoms with van der Waals surface area (Å²) in [5.41, 5.74) is 1.93. The summed E-state index contributed by atoms with van der Waals surface area (Å²) < 4.78 is 11.9. The van der Waals surface area contributed by atoms with Gasteiger partial charge in [0.1, 0.15) is 5.75 Å². The Labute approximate surface area is 198 Å². The fourth-order valence-electron chi connectivity index (χ4n) is 4.17. The van der Waals surface area contributed by atoms with Crippen LogP contribution in [-0.2, 0) is 16.1 Å². The molecule has 0 bridgehead atoms. The van der Waals surface area contributed by atoms with Crippen molar-refractivity contribution >= 4 is 23.8 Å². The van der Waals surface area contributed by atoms with E-state index in [-0.39, 0.29) is 6.23 Å². The summed E-state index contributed by atoms with van der Waals surface area (Å²) >= 11 is 6.59. The number of rotatable bonds is 7. The van der Waals surface area contributed by atoms with E-state index in [9.17, 15) is 4.79 Å². The first-order valence-electron chi connectivity index (χ1n) is 11.3. The van der Waals surface area contributed by atoms with Gasteiger partial charge in [0, 0.05) is 56.3 Å². The summed E-state index contributed by atoms with van der Waals surface area (Å²) in [4.78, 5) is 16.4. The molecule has 2 saturated heterocycles. The lowest BCUT2D eigenvalue weighted by Crippen LogP contribution is -2.60. The van der Waals surface area contributed by atoms with Crippen molar-refractivity contribution in [1.82, 2.24) is 19.9 Å². The van der Waals surface area contributed by atoms with Gasteiger partial charge in [0.2, 0.25) is 5.90 Å². The molecule has 2 aromatic carbocycles. The van der Waals surface area contributed by atoms with E-state index in [2.05, 4.69) is 21.9 Å². The molecule has 2 aromatic rings. The minimum Gasteiger partial charge on any atom is -0.473 e. The van der Waals surface area contributed by atoms with E-state index in [1.807, 2.05) is 53.5 Å². The second-order valence-corrected chi connectivity index (χ2v) is 9.00. The van der Waals surface area contributed by atoms with Crippen LogP contribution in [0.5, 0.6) is 5.75 Å². The smallest absolute Gasteiger partial charge is 0.260 e. The molecule has 2 atom stereocenters. The highest BCUT2D eigenvalue weighted by Gasteiger charge is 2.42. The first-order valence-corrected chi connectivity index (χ1v) is 11.7. The van der Waals surface area contributed by atoms with Gasteiger partial charge in [-0.25, -0.2) is 0 Å². The first-order chi connectivity index (χ1) is 16.1. The molecule has 0 spiro atoms. The Bertz CT molecular complexity index is 1010. The highest BCUT2D eigenvalue weighted by Crippen LogP contribution is 2.31. The molecule has 0 saturated carbocycles. The van der Waals surface area contributed by atoms with Gasteiger partial charge in [-0.3, -0.25) is 9.69 Å². The van der Waals surface area contributed by atoms with E-state index < -0.39 is 6.23 Å². The molecule has 0 N–H and O–H groups in total. The Hall–Kier alpha value is -2.65. The third-order valence-electron chi connectivity index (χ3n) is 6.28. The third-order valence-corrected chi connectivity index (χ3v) is 6.63.